The highest BCUT2D eigenvalue weighted by atomic mass is 79.9. The van der Waals surface area contributed by atoms with Crippen LogP contribution in [0.2, 0.25) is 0 Å². The zero-order valence-corrected chi connectivity index (χ0v) is 13.7. The van der Waals surface area contributed by atoms with Crippen LogP contribution in [0.25, 0.3) is 0 Å². The molecule has 2 aromatic carbocycles. The van der Waals surface area contributed by atoms with Crippen molar-refractivity contribution in [2.24, 2.45) is 5.14 Å². The molecule has 6 nitrogen and oxygen atoms in total. The minimum Gasteiger partial charge on any atom is -0.289 e. The van der Waals surface area contributed by atoms with Crippen LogP contribution >= 0.6 is 15.9 Å². The number of para-hydroxylation sites is 1. The Hall–Kier alpha value is -1.26. The van der Waals surface area contributed by atoms with Gasteiger partial charge in [-0.1, -0.05) is 34.1 Å². The van der Waals surface area contributed by atoms with Crippen LogP contribution in [0.1, 0.15) is 0 Å². The number of primary sulfonamides is 1. The molecule has 0 aromatic heterocycles. The molecular weight excluding hydrogens is 380 g/mol. The Bertz CT molecular complexity index is 795. The van der Waals surface area contributed by atoms with Gasteiger partial charge in [0.05, 0.1) is 11.4 Å². The number of rotatable bonds is 4. The van der Waals surface area contributed by atoms with Crippen molar-refractivity contribution in [3.8, 4) is 0 Å². The lowest BCUT2D eigenvalue weighted by molar-refractivity contribution is 0.564. The maximum absolute atomic E-state index is 11.7. The van der Waals surface area contributed by atoms with Gasteiger partial charge in [0.2, 0.25) is 10.0 Å². The minimum absolute atomic E-state index is 0.0268. The number of hydrogen-bond donors (Lipinski definition) is 2. The van der Waals surface area contributed by atoms with Crippen LogP contribution in [-0.2, 0) is 21.3 Å². The van der Waals surface area contributed by atoms with Crippen molar-refractivity contribution in [1.29, 1.82) is 0 Å². The van der Waals surface area contributed by atoms with Gasteiger partial charge in [0.25, 0.3) is 11.3 Å². The van der Waals surface area contributed by atoms with E-state index >= 15 is 0 Å². The van der Waals surface area contributed by atoms with Crippen molar-refractivity contribution < 1.29 is 17.2 Å². The number of hydrogen-bond acceptors (Lipinski definition) is 3. The topological polar surface area (TPSA) is 101 Å². The molecule has 0 spiro atoms. The molecule has 1 unspecified atom stereocenters. The fourth-order valence-electron chi connectivity index (χ4n) is 1.78. The number of nitrogens with two attached hydrogens (primary N) is 1. The number of halogens is 1. The van der Waals surface area contributed by atoms with E-state index in [1.807, 2.05) is 0 Å². The number of benzene rings is 2. The van der Waals surface area contributed by atoms with Gasteiger partial charge in [0, 0.05) is 4.47 Å². The van der Waals surface area contributed by atoms with Gasteiger partial charge in [-0.05, 0) is 30.3 Å². The summed E-state index contributed by atoms with van der Waals surface area (Å²) in [5.74, 6) is 0. The van der Waals surface area contributed by atoms with Crippen molar-refractivity contribution in [3.05, 3.63) is 53.0 Å². The van der Waals surface area contributed by atoms with Gasteiger partial charge in [-0.2, -0.15) is 0 Å². The highest BCUT2D eigenvalue weighted by molar-refractivity contribution is 9.10. The van der Waals surface area contributed by atoms with Crippen LogP contribution in [0.3, 0.4) is 0 Å². The van der Waals surface area contributed by atoms with E-state index in [9.17, 15) is 17.2 Å². The van der Waals surface area contributed by atoms with Crippen molar-refractivity contribution in [1.82, 2.24) is 0 Å². The van der Waals surface area contributed by atoms with Crippen molar-refractivity contribution in [2.45, 2.75) is 4.90 Å². The van der Waals surface area contributed by atoms with E-state index in [-0.39, 0.29) is 10.6 Å². The van der Waals surface area contributed by atoms with Gasteiger partial charge in [0.15, 0.2) is 0 Å². The predicted molar refractivity (Wildman–Crippen MR) is 84.9 cm³/mol. The van der Waals surface area contributed by atoms with Gasteiger partial charge in [-0.3, -0.25) is 4.55 Å². The molecular formula is C12H11BrN2O4S2. The third-order valence-corrected chi connectivity index (χ3v) is 4.76. The first-order valence-corrected chi connectivity index (χ1v) is 8.99. The van der Waals surface area contributed by atoms with Gasteiger partial charge < -0.3 is 0 Å². The number of nitrogens with zero attached hydrogens (tertiary/aromatic N) is 1. The van der Waals surface area contributed by atoms with Crippen LogP contribution in [0, 0.1) is 0 Å². The summed E-state index contributed by atoms with van der Waals surface area (Å²) >= 11 is 0.794. The first kappa shape index (κ1) is 16.1. The molecule has 9 heteroatoms. The maximum Gasteiger partial charge on any atom is 0.266 e. The van der Waals surface area contributed by atoms with Gasteiger partial charge in [-0.15, -0.1) is 0 Å². The summed E-state index contributed by atoms with van der Waals surface area (Å²) in [4.78, 5) is -0.229. The van der Waals surface area contributed by atoms with E-state index in [4.69, 9.17) is 5.14 Å². The van der Waals surface area contributed by atoms with Crippen molar-refractivity contribution >= 4 is 48.6 Å². The minimum atomic E-state index is -4.03. The van der Waals surface area contributed by atoms with E-state index in [2.05, 4.69) is 15.9 Å². The second-order valence-electron chi connectivity index (χ2n) is 4.02. The zero-order chi connectivity index (χ0) is 15.6. The van der Waals surface area contributed by atoms with E-state index in [0.29, 0.717) is 10.2 Å². The van der Waals surface area contributed by atoms with Gasteiger partial charge in [-0.25, -0.2) is 22.1 Å². The van der Waals surface area contributed by atoms with Crippen molar-refractivity contribution in [2.75, 3.05) is 4.31 Å². The van der Waals surface area contributed by atoms with E-state index in [0.717, 1.165) is 4.31 Å². The zero-order valence-electron chi connectivity index (χ0n) is 10.5. The average molecular weight is 391 g/mol. The fourth-order valence-corrected chi connectivity index (χ4v) is 3.57. The van der Waals surface area contributed by atoms with Gasteiger partial charge >= 0.3 is 0 Å². The van der Waals surface area contributed by atoms with Crippen molar-refractivity contribution in [3.63, 3.8) is 0 Å². The van der Waals surface area contributed by atoms with Crippen LogP contribution in [-0.4, -0.2) is 17.2 Å². The van der Waals surface area contributed by atoms with Crippen LogP contribution in [0.5, 0.6) is 0 Å². The van der Waals surface area contributed by atoms with E-state index in [1.54, 1.807) is 30.3 Å². The Morgan fingerprint density at radius 1 is 1.14 bits per heavy atom. The second kappa shape index (κ2) is 6.24. The van der Waals surface area contributed by atoms with Gasteiger partial charge in [0.1, 0.15) is 4.90 Å². The summed E-state index contributed by atoms with van der Waals surface area (Å²) < 4.78 is 46.2. The number of anilines is 2. The highest BCUT2D eigenvalue weighted by Gasteiger charge is 2.23. The molecule has 0 aliphatic heterocycles. The average Bonchev–Trinajstić information content (AvgIpc) is 2.38. The summed E-state index contributed by atoms with van der Waals surface area (Å²) in [5, 5.41) is 5.16. The first-order valence-electron chi connectivity index (χ1n) is 5.59. The molecule has 3 N–H and O–H groups in total. The molecule has 2 rings (SSSR count). The Morgan fingerprint density at radius 2 is 1.81 bits per heavy atom. The van der Waals surface area contributed by atoms with Crippen LogP contribution < -0.4 is 9.44 Å². The SMILES string of the molecule is NS(=O)(=O)c1ccccc1N(c1cccc(Br)c1)S(=O)O. The third kappa shape index (κ3) is 3.69. The molecule has 0 fully saturated rings. The molecule has 1 atom stereocenters. The van der Waals surface area contributed by atoms with Crippen LogP contribution in [0.4, 0.5) is 11.4 Å². The Kier molecular flexibility index (Phi) is 4.79. The summed E-state index contributed by atoms with van der Waals surface area (Å²) in [6.45, 7) is 0. The quantitative estimate of drug-likeness (QED) is 0.782. The Labute approximate surface area is 133 Å². The maximum atomic E-state index is 11.7. The number of sulfonamides is 1. The molecule has 2 aromatic rings. The summed E-state index contributed by atoms with van der Waals surface area (Å²) in [7, 11) is -4.03. The summed E-state index contributed by atoms with van der Waals surface area (Å²) in [5.41, 5.74) is 0.375. The molecule has 0 aliphatic rings. The smallest absolute Gasteiger partial charge is 0.266 e. The molecule has 0 bridgehead atoms. The molecule has 0 heterocycles. The second-order valence-corrected chi connectivity index (χ2v) is 7.29. The lowest BCUT2D eigenvalue weighted by Gasteiger charge is -2.22. The fraction of sp³-hybridized carbons (Fsp3) is 0. The standard InChI is InChI=1S/C12H11BrN2O4S2/c13-9-4-3-5-10(8-9)15(20(16)17)11-6-1-2-7-12(11)21(14,18)19/h1-8H,(H,16,17)(H2,14,18,19). The summed E-state index contributed by atoms with van der Waals surface area (Å²) in [6.07, 6.45) is 0. The molecule has 0 saturated carbocycles. The highest BCUT2D eigenvalue weighted by Crippen LogP contribution is 2.33. The van der Waals surface area contributed by atoms with E-state index in [1.165, 1.54) is 18.2 Å². The summed E-state index contributed by atoms with van der Waals surface area (Å²) in [6, 6.07) is 12.3. The molecule has 0 saturated heterocycles. The molecule has 21 heavy (non-hydrogen) atoms. The predicted octanol–water partition coefficient (Wildman–Crippen LogP) is 2.37. The van der Waals surface area contributed by atoms with Crippen LogP contribution in [0.15, 0.2) is 57.9 Å². The molecule has 0 aliphatic carbocycles. The normalized spacial score (nSPS) is 12.9. The largest absolute Gasteiger partial charge is 0.289 e. The third-order valence-electron chi connectivity index (χ3n) is 2.59. The lowest BCUT2D eigenvalue weighted by atomic mass is 10.2. The Balaban J connectivity index is 2.68. The lowest BCUT2D eigenvalue weighted by Crippen LogP contribution is -2.23. The Morgan fingerprint density at radius 3 is 2.38 bits per heavy atom. The first-order chi connectivity index (χ1) is 9.80. The monoisotopic (exact) mass is 390 g/mol. The molecule has 0 radical (unpaired) electrons. The van der Waals surface area contributed by atoms with E-state index < -0.39 is 21.3 Å². The molecule has 0 amide bonds. The molecule has 112 valence electrons.